The van der Waals surface area contributed by atoms with Crippen molar-refractivity contribution in [1.29, 1.82) is 0 Å². The summed E-state index contributed by atoms with van der Waals surface area (Å²) in [5, 5.41) is 0. The Kier molecular flexibility index (Phi) is 3.09. The first-order valence-electron chi connectivity index (χ1n) is 6.12. The minimum atomic E-state index is -3.30. The zero-order valence-corrected chi connectivity index (χ0v) is 11.8. The maximum atomic E-state index is 11.9. The second-order valence-corrected chi connectivity index (χ2v) is 8.14. The fourth-order valence-corrected chi connectivity index (χ4v) is 4.18. The molecule has 2 rings (SSSR count). The maximum Gasteiger partial charge on any atom is 0.410 e. The van der Waals surface area contributed by atoms with Crippen molar-refractivity contribution in [3.05, 3.63) is 0 Å². The van der Waals surface area contributed by atoms with Gasteiger partial charge in [0.25, 0.3) is 0 Å². The normalized spacial score (nSPS) is 30.9. The first-order chi connectivity index (χ1) is 8.15. The van der Waals surface area contributed by atoms with Gasteiger partial charge in [-0.2, -0.15) is 0 Å². The Balaban J connectivity index is 2.07. The van der Waals surface area contributed by atoms with Crippen LogP contribution >= 0.6 is 0 Å². The molecule has 1 N–H and O–H groups in total. The molecule has 0 saturated carbocycles. The number of carbonyl (C=O) groups is 1. The van der Waals surface area contributed by atoms with Gasteiger partial charge in [-0.15, -0.1) is 0 Å². The third-order valence-electron chi connectivity index (χ3n) is 3.41. The summed E-state index contributed by atoms with van der Waals surface area (Å²) < 4.78 is 30.9. The van der Waals surface area contributed by atoms with Gasteiger partial charge in [-0.1, -0.05) is 0 Å². The SMILES string of the molecule is CC(C)(C)OC(=O)N1CCC2(CCNS2(=O)=O)C1. The van der Waals surface area contributed by atoms with E-state index in [2.05, 4.69) is 4.72 Å². The molecule has 0 aromatic carbocycles. The van der Waals surface area contributed by atoms with Gasteiger partial charge >= 0.3 is 6.09 Å². The molecule has 1 atom stereocenters. The Bertz CT molecular complexity index is 454. The first-order valence-corrected chi connectivity index (χ1v) is 7.61. The van der Waals surface area contributed by atoms with E-state index in [-0.39, 0.29) is 6.54 Å². The van der Waals surface area contributed by atoms with E-state index in [1.165, 1.54) is 4.90 Å². The monoisotopic (exact) mass is 276 g/mol. The number of likely N-dealkylation sites (tertiary alicyclic amines) is 1. The molecule has 0 radical (unpaired) electrons. The highest BCUT2D eigenvalue weighted by atomic mass is 32.2. The van der Waals surface area contributed by atoms with Gasteiger partial charge < -0.3 is 9.64 Å². The molecule has 2 heterocycles. The third kappa shape index (κ3) is 2.33. The number of nitrogens with zero attached hydrogens (tertiary/aromatic N) is 1. The average molecular weight is 276 g/mol. The highest BCUT2D eigenvalue weighted by Gasteiger charge is 2.53. The molecule has 2 fully saturated rings. The Labute approximate surface area is 108 Å². The predicted octanol–water partition coefficient (Wildman–Crippen LogP) is 0.689. The van der Waals surface area contributed by atoms with E-state index in [4.69, 9.17) is 4.74 Å². The fourth-order valence-electron chi connectivity index (χ4n) is 2.45. The number of sulfonamides is 1. The van der Waals surface area contributed by atoms with Gasteiger partial charge in [0.15, 0.2) is 0 Å². The molecule has 0 aromatic rings. The molecular weight excluding hydrogens is 256 g/mol. The Morgan fingerprint density at radius 3 is 2.50 bits per heavy atom. The van der Waals surface area contributed by atoms with Crippen molar-refractivity contribution < 1.29 is 17.9 Å². The van der Waals surface area contributed by atoms with Crippen LogP contribution in [0, 0.1) is 0 Å². The summed E-state index contributed by atoms with van der Waals surface area (Å²) in [6.45, 7) is 6.53. The zero-order chi connectivity index (χ0) is 13.6. The van der Waals surface area contributed by atoms with E-state index in [9.17, 15) is 13.2 Å². The highest BCUT2D eigenvalue weighted by Crippen LogP contribution is 2.36. The number of nitrogens with one attached hydrogen (secondary N) is 1. The van der Waals surface area contributed by atoms with Crippen LogP contribution in [-0.2, 0) is 14.8 Å². The van der Waals surface area contributed by atoms with Gasteiger partial charge in [-0.05, 0) is 33.6 Å². The lowest BCUT2D eigenvalue weighted by atomic mass is 10.0. The van der Waals surface area contributed by atoms with Crippen molar-refractivity contribution in [2.24, 2.45) is 0 Å². The predicted molar refractivity (Wildman–Crippen MR) is 66.7 cm³/mol. The minimum absolute atomic E-state index is 0.233. The van der Waals surface area contributed by atoms with Crippen molar-refractivity contribution in [2.75, 3.05) is 19.6 Å². The maximum absolute atomic E-state index is 11.9. The largest absolute Gasteiger partial charge is 0.444 e. The van der Waals surface area contributed by atoms with Crippen LogP contribution in [0.1, 0.15) is 33.6 Å². The van der Waals surface area contributed by atoms with Crippen LogP contribution in [0.3, 0.4) is 0 Å². The summed E-state index contributed by atoms with van der Waals surface area (Å²) in [5.74, 6) is 0. The molecule has 18 heavy (non-hydrogen) atoms. The standard InChI is InChI=1S/C11H20N2O4S/c1-10(2,3)17-9(14)13-7-5-11(8-13)4-6-12-18(11,15)16/h12H,4-8H2,1-3H3. The van der Waals surface area contributed by atoms with E-state index >= 15 is 0 Å². The quantitative estimate of drug-likeness (QED) is 0.706. The molecule has 1 unspecified atom stereocenters. The molecule has 6 nitrogen and oxygen atoms in total. The second-order valence-electron chi connectivity index (χ2n) is 5.98. The van der Waals surface area contributed by atoms with Crippen molar-refractivity contribution in [3.63, 3.8) is 0 Å². The summed E-state index contributed by atoms with van der Waals surface area (Å²) in [5.41, 5.74) is -0.556. The molecule has 1 amide bonds. The molecule has 2 aliphatic heterocycles. The lowest BCUT2D eigenvalue weighted by Crippen LogP contribution is -2.42. The van der Waals surface area contributed by atoms with Crippen LogP contribution in [0.5, 0.6) is 0 Å². The van der Waals surface area contributed by atoms with Gasteiger partial charge in [0.05, 0.1) is 0 Å². The lowest BCUT2D eigenvalue weighted by molar-refractivity contribution is 0.0290. The van der Waals surface area contributed by atoms with E-state index < -0.39 is 26.5 Å². The van der Waals surface area contributed by atoms with Crippen LogP contribution < -0.4 is 4.72 Å². The van der Waals surface area contributed by atoms with Gasteiger partial charge in [0.2, 0.25) is 10.0 Å². The van der Waals surface area contributed by atoms with Crippen LogP contribution in [0.2, 0.25) is 0 Å². The molecule has 0 bridgehead atoms. The smallest absolute Gasteiger partial charge is 0.410 e. The van der Waals surface area contributed by atoms with E-state index in [0.717, 1.165) is 0 Å². The summed E-state index contributed by atoms with van der Waals surface area (Å²) >= 11 is 0. The Morgan fingerprint density at radius 1 is 1.33 bits per heavy atom. The molecule has 2 saturated heterocycles. The topological polar surface area (TPSA) is 75.7 Å². The van der Waals surface area contributed by atoms with Crippen LogP contribution in [0.15, 0.2) is 0 Å². The van der Waals surface area contributed by atoms with Crippen LogP contribution in [0.25, 0.3) is 0 Å². The number of amides is 1. The first kappa shape index (κ1) is 13.6. The second kappa shape index (κ2) is 4.09. The molecule has 104 valence electrons. The third-order valence-corrected chi connectivity index (χ3v) is 5.67. The zero-order valence-electron chi connectivity index (χ0n) is 11.0. The molecule has 7 heteroatoms. The van der Waals surface area contributed by atoms with Crippen LogP contribution in [-0.4, -0.2) is 49.4 Å². The number of ether oxygens (including phenoxy) is 1. The van der Waals surface area contributed by atoms with Gasteiger partial charge in [-0.3, -0.25) is 0 Å². The molecule has 1 spiro atoms. The number of rotatable bonds is 0. The Morgan fingerprint density at radius 2 is 2.00 bits per heavy atom. The molecule has 2 aliphatic rings. The summed E-state index contributed by atoms with van der Waals surface area (Å²) in [7, 11) is -3.30. The minimum Gasteiger partial charge on any atom is -0.444 e. The lowest BCUT2D eigenvalue weighted by Gasteiger charge is -2.26. The average Bonchev–Trinajstić information content (AvgIpc) is 2.71. The summed E-state index contributed by atoms with van der Waals surface area (Å²) in [6, 6.07) is 0. The van der Waals surface area contributed by atoms with E-state index in [1.54, 1.807) is 20.8 Å². The van der Waals surface area contributed by atoms with Gasteiger partial charge in [0.1, 0.15) is 10.3 Å². The molecule has 0 aliphatic carbocycles. The number of carbonyl (C=O) groups excluding carboxylic acids is 1. The van der Waals surface area contributed by atoms with Crippen molar-refractivity contribution in [3.8, 4) is 0 Å². The van der Waals surface area contributed by atoms with E-state index in [1.807, 2.05) is 0 Å². The fraction of sp³-hybridized carbons (Fsp3) is 0.909. The highest BCUT2D eigenvalue weighted by molar-refractivity contribution is 7.91. The van der Waals surface area contributed by atoms with Crippen molar-refractivity contribution in [1.82, 2.24) is 9.62 Å². The van der Waals surface area contributed by atoms with E-state index in [0.29, 0.717) is 25.9 Å². The van der Waals surface area contributed by atoms with Crippen molar-refractivity contribution in [2.45, 2.75) is 44.0 Å². The number of hydrogen-bond donors (Lipinski definition) is 1. The molecular formula is C11H20N2O4S. The summed E-state index contributed by atoms with van der Waals surface area (Å²) in [4.78, 5) is 13.4. The number of hydrogen-bond acceptors (Lipinski definition) is 4. The molecule has 0 aromatic heterocycles. The summed E-state index contributed by atoms with van der Waals surface area (Å²) in [6.07, 6.45) is 0.623. The van der Waals surface area contributed by atoms with Gasteiger partial charge in [-0.25, -0.2) is 17.9 Å². The Hall–Kier alpha value is -0.820. The van der Waals surface area contributed by atoms with Gasteiger partial charge in [0, 0.05) is 19.6 Å². The van der Waals surface area contributed by atoms with Crippen molar-refractivity contribution >= 4 is 16.1 Å². The van der Waals surface area contributed by atoms with Crippen LogP contribution in [0.4, 0.5) is 4.79 Å².